The zero-order chi connectivity index (χ0) is 24.3. The van der Waals surface area contributed by atoms with E-state index in [9.17, 15) is 18.8 Å². The standard InChI is InChI=1S/C25H30FNO5S/c1-14(2)27(24(29)19-11-6-15(3)12-21(19)32-16(4)28)20-13-22(33-23(20)25(30)31-5)17-7-9-18(26)10-8-17/h7-10,13-15,19,21H,6,11-12H2,1-5H3. The topological polar surface area (TPSA) is 72.9 Å². The summed E-state index contributed by atoms with van der Waals surface area (Å²) in [5.41, 5.74) is 1.18. The van der Waals surface area contributed by atoms with E-state index in [-0.39, 0.29) is 17.8 Å². The van der Waals surface area contributed by atoms with Gasteiger partial charge in [0.1, 0.15) is 16.8 Å². The summed E-state index contributed by atoms with van der Waals surface area (Å²) in [6, 6.07) is 7.48. The van der Waals surface area contributed by atoms with Crippen LogP contribution in [0.4, 0.5) is 10.1 Å². The van der Waals surface area contributed by atoms with E-state index in [4.69, 9.17) is 9.47 Å². The Bertz CT molecular complexity index is 1020. The number of nitrogens with zero attached hydrogens (tertiary/aromatic N) is 1. The van der Waals surface area contributed by atoms with Crippen molar-refractivity contribution in [2.75, 3.05) is 12.0 Å². The number of halogens is 1. The van der Waals surface area contributed by atoms with Gasteiger partial charge in [0, 0.05) is 17.8 Å². The van der Waals surface area contributed by atoms with Crippen LogP contribution in [0.15, 0.2) is 30.3 Å². The van der Waals surface area contributed by atoms with Crippen LogP contribution in [0.5, 0.6) is 0 Å². The lowest BCUT2D eigenvalue weighted by atomic mass is 9.79. The Morgan fingerprint density at radius 3 is 2.39 bits per heavy atom. The summed E-state index contributed by atoms with van der Waals surface area (Å²) in [6.45, 7) is 7.19. The molecular formula is C25H30FNO5S. The van der Waals surface area contributed by atoms with Crippen molar-refractivity contribution in [2.24, 2.45) is 11.8 Å². The number of rotatable bonds is 6. The zero-order valence-electron chi connectivity index (χ0n) is 19.6. The highest BCUT2D eigenvalue weighted by Crippen LogP contribution is 2.40. The van der Waals surface area contributed by atoms with E-state index in [1.165, 1.54) is 37.5 Å². The Balaban J connectivity index is 2.04. The summed E-state index contributed by atoms with van der Waals surface area (Å²) < 4.78 is 23.9. The van der Waals surface area contributed by atoms with Crippen molar-refractivity contribution in [3.8, 4) is 10.4 Å². The Labute approximate surface area is 197 Å². The number of esters is 2. The summed E-state index contributed by atoms with van der Waals surface area (Å²) in [4.78, 5) is 40.8. The first kappa shape index (κ1) is 24.9. The number of hydrogen-bond donors (Lipinski definition) is 0. The third kappa shape index (κ3) is 5.61. The molecule has 1 amide bonds. The minimum Gasteiger partial charge on any atom is -0.465 e. The fourth-order valence-electron chi connectivity index (χ4n) is 4.34. The molecule has 1 fully saturated rings. The number of hydrogen-bond acceptors (Lipinski definition) is 6. The Hall–Kier alpha value is -2.74. The number of anilines is 1. The fraction of sp³-hybridized carbons (Fsp3) is 0.480. The predicted octanol–water partition coefficient (Wildman–Crippen LogP) is 5.45. The summed E-state index contributed by atoms with van der Waals surface area (Å²) >= 11 is 1.20. The van der Waals surface area contributed by atoms with Crippen LogP contribution in [0.2, 0.25) is 0 Å². The average Bonchev–Trinajstić information content (AvgIpc) is 3.17. The van der Waals surface area contributed by atoms with Gasteiger partial charge in [0.05, 0.1) is 18.7 Å². The molecule has 1 saturated carbocycles. The molecule has 33 heavy (non-hydrogen) atoms. The maximum atomic E-state index is 13.8. The van der Waals surface area contributed by atoms with Crippen molar-refractivity contribution in [1.82, 2.24) is 0 Å². The molecule has 0 radical (unpaired) electrons. The SMILES string of the molecule is COC(=O)c1sc(-c2ccc(F)cc2)cc1N(C(=O)C1CCC(C)CC1OC(C)=O)C(C)C. The number of ether oxygens (including phenoxy) is 2. The lowest BCUT2D eigenvalue weighted by molar-refractivity contribution is -0.154. The first-order valence-corrected chi connectivity index (χ1v) is 11.9. The van der Waals surface area contributed by atoms with E-state index < -0.39 is 24.0 Å². The Morgan fingerprint density at radius 1 is 1.15 bits per heavy atom. The van der Waals surface area contributed by atoms with Crippen LogP contribution < -0.4 is 4.90 Å². The first-order chi connectivity index (χ1) is 15.6. The monoisotopic (exact) mass is 475 g/mol. The predicted molar refractivity (Wildman–Crippen MR) is 126 cm³/mol. The second-order valence-electron chi connectivity index (χ2n) is 8.80. The van der Waals surface area contributed by atoms with Gasteiger partial charge in [-0.3, -0.25) is 9.59 Å². The van der Waals surface area contributed by atoms with Crippen LogP contribution in [0.1, 0.15) is 56.6 Å². The van der Waals surface area contributed by atoms with Crippen molar-refractivity contribution in [3.63, 3.8) is 0 Å². The van der Waals surface area contributed by atoms with Crippen molar-refractivity contribution in [3.05, 3.63) is 41.0 Å². The molecule has 0 saturated heterocycles. The number of thiophene rings is 1. The summed E-state index contributed by atoms with van der Waals surface area (Å²) in [5.74, 6) is -1.64. The van der Waals surface area contributed by atoms with Gasteiger partial charge in [-0.05, 0) is 62.8 Å². The molecule has 3 unspecified atom stereocenters. The van der Waals surface area contributed by atoms with Crippen molar-refractivity contribution < 1.29 is 28.2 Å². The summed E-state index contributed by atoms with van der Waals surface area (Å²) in [7, 11) is 1.30. The van der Waals surface area contributed by atoms with E-state index in [1.54, 1.807) is 23.1 Å². The van der Waals surface area contributed by atoms with Gasteiger partial charge in [0.2, 0.25) is 5.91 Å². The number of carbonyl (C=O) groups excluding carboxylic acids is 3. The molecule has 1 heterocycles. The van der Waals surface area contributed by atoms with Gasteiger partial charge in [-0.15, -0.1) is 11.3 Å². The van der Waals surface area contributed by atoms with E-state index in [2.05, 4.69) is 6.92 Å². The largest absolute Gasteiger partial charge is 0.465 e. The van der Waals surface area contributed by atoms with Crippen molar-refractivity contribution in [2.45, 2.75) is 59.1 Å². The molecule has 1 aromatic carbocycles. The number of methoxy groups -OCH3 is 1. The minimum atomic E-state index is -0.546. The van der Waals surface area contributed by atoms with E-state index in [1.807, 2.05) is 13.8 Å². The molecule has 1 aliphatic rings. The lowest BCUT2D eigenvalue weighted by Crippen LogP contribution is -2.48. The second kappa shape index (κ2) is 10.5. The molecule has 178 valence electrons. The van der Waals surface area contributed by atoms with Crippen LogP contribution >= 0.6 is 11.3 Å². The van der Waals surface area contributed by atoms with Crippen LogP contribution in [0.25, 0.3) is 10.4 Å². The summed E-state index contributed by atoms with van der Waals surface area (Å²) in [6.07, 6.45) is 1.57. The van der Waals surface area contributed by atoms with Gasteiger partial charge in [0.15, 0.2) is 0 Å². The third-order valence-corrected chi connectivity index (χ3v) is 7.07. The number of benzene rings is 1. The molecule has 0 N–H and O–H groups in total. The molecule has 3 atom stereocenters. The van der Waals surface area contributed by atoms with E-state index >= 15 is 0 Å². The molecule has 0 aliphatic heterocycles. The van der Waals surface area contributed by atoms with Crippen LogP contribution in [0.3, 0.4) is 0 Å². The van der Waals surface area contributed by atoms with E-state index in [0.717, 1.165) is 16.9 Å². The van der Waals surface area contributed by atoms with Crippen LogP contribution in [0, 0.1) is 17.7 Å². The zero-order valence-corrected chi connectivity index (χ0v) is 20.4. The van der Waals surface area contributed by atoms with Gasteiger partial charge >= 0.3 is 11.9 Å². The highest BCUT2D eigenvalue weighted by molar-refractivity contribution is 7.18. The molecule has 0 spiro atoms. The Kier molecular flexibility index (Phi) is 7.89. The highest BCUT2D eigenvalue weighted by Gasteiger charge is 2.40. The van der Waals surface area contributed by atoms with Gasteiger partial charge < -0.3 is 14.4 Å². The molecule has 2 aromatic rings. The van der Waals surface area contributed by atoms with Crippen molar-refractivity contribution >= 4 is 34.9 Å². The maximum absolute atomic E-state index is 13.8. The molecule has 0 bridgehead atoms. The van der Waals surface area contributed by atoms with Crippen molar-refractivity contribution in [1.29, 1.82) is 0 Å². The molecule has 1 aromatic heterocycles. The Morgan fingerprint density at radius 2 is 1.82 bits per heavy atom. The minimum absolute atomic E-state index is 0.184. The summed E-state index contributed by atoms with van der Waals surface area (Å²) in [5, 5.41) is 0. The third-order valence-electron chi connectivity index (χ3n) is 5.91. The lowest BCUT2D eigenvalue weighted by Gasteiger charge is -2.37. The smallest absolute Gasteiger partial charge is 0.350 e. The van der Waals surface area contributed by atoms with E-state index in [0.29, 0.717) is 29.3 Å². The number of amides is 1. The highest BCUT2D eigenvalue weighted by atomic mass is 32.1. The second-order valence-corrected chi connectivity index (χ2v) is 9.85. The van der Waals surface area contributed by atoms with Gasteiger partial charge in [-0.25, -0.2) is 9.18 Å². The molecular weight excluding hydrogens is 445 g/mol. The van der Waals surface area contributed by atoms with Crippen LogP contribution in [-0.2, 0) is 19.1 Å². The van der Waals surface area contributed by atoms with Gasteiger partial charge in [-0.2, -0.15) is 0 Å². The molecule has 3 rings (SSSR count). The molecule has 8 heteroatoms. The maximum Gasteiger partial charge on any atom is 0.350 e. The number of carbonyl (C=O) groups is 3. The quantitative estimate of drug-likeness (QED) is 0.520. The average molecular weight is 476 g/mol. The van der Waals surface area contributed by atoms with Gasteiger partial charge in [-0.1, -0.05) is 19.1 Å². The fourth-order valence-corrected chi connectivity index (χ4v) is 5.41. The van der Waals surface area contributed by atoms with Gasteiger partial charge in [0.25, 0.3) is 0 Å². The molecule has 1 aliphatic carbocycles. The molecule has 6 nitrogen and oxygen atoms in total. The normalized spacial score (nSPS) is 20.4. The first-order valence-electron chi connectivity index (χ1n) is 11.1. The van der Waals surface area contributed by atoms with Crippen LogP contribution in [-0.4, -0.2) is 37.1 Å².